The molecule has 0 atom stereocenters. The van der Waals surface area contributed by atoms with Gasteiger partial charge in [0, 0.05) is 12.2 Å². The maximum atomic E-state index is 11.5. The van der Waals surface area contributed by atoms with Crippen molar-refractivity contribution in [3.8, 4) is 0 Å². The van der Waals surface area contributed by atoms with Crippen molar-refractivity contribution < 1.29 is 19.1 Å². The molecular formula is C13H13NO4. The topological polar surface area (TPSA) is 72.5 Å². The highest BCUT2D eigenvalue weighted by molar-refractivity contribution is 6.03. The summed E-state index contributed by atoms with van der Waals surface area (Å²) in [6.45, 7) is 0. The SMILES string of the molecule is COC(=O)/C=C/C(=O)NC(=O)Cc1ccccc1. The maximum absolute atomic E-state index is 11.5. The van der Waals surface area contributed by atoms with E-state index in [0.29, 0.717) is 0 Å². The van der Waals surface area contributed by atoms with Crippen molar-refractivity contribution in [3.05, 3.63) is 48.0 Å². The van der Waals surface area contributed by atoms with Gasteiger partial charge < -0.3 is 4.74 Å². The van der Waals surface area contributed by atoms with E-state index in [4.69, 9.17) is 0 Å². The fourth-order valence-electron chi connectivity index (χ4n) is 1.22. The first-order valence-electron chi connectivity index (χ1n) is 5.25. The van der Waals surface area contributed by atoms with Crippen LogP contribution in [-0.4, -0.2) is 24.9 Å². The number of methoxy groups -OCH3 is 1. The second kappa shape index (κ2) is 7.01. The van der Waals surface area contributed by atoms with E-state index in [2.05, 4.69) is 10.1 Å². The highest BCUT2D eigenvalue weighted by atomic mass is 16.5. The maximum Gasteiger partial charge on any atom is 0.330 e. The molecule has 1 aromatic rings. The number of carbonyl (C=O) groups excluding carboxylic acids is 3. The lowest BCUT2D eigenvalue weighted by molar-refractivity contribution is -0.135. The van der Waals surface area contributed by atoms with Gasteiger partial charge in [-0.15, -0.1) is 0 Å². The predicted molar refractivity (Wildman–Crippen MR) is 64.5 cm³/mol. The van der Waals surface area contributed by atoms with Crippen molar-refractivity contribution in [2.24, 2.45) is 0 Å². The molecule has 0 aliphatic carbocycles. The largest absolute Gasteiger partial charge is 0.466 e. The Morgan fingerprint density at radius 2 is 1.83 bits per heavy atom. The van der Waals surface area contributed by atoms with Gasteiger partial charge in [0.1, 0.15) is 0 Å². The first-order valence-corrected chi connectivity index (χ1v) is 5.25. The molecule has 94 valence electrons. The lowest BCUT2D eigenvalue weighted by Crippen LogP contribution is -2.30. The summed E-state index contributed by atoms with van der Waals surface area (Å²) in [4.78, 5) is 33.4. The molecule has 0 aromatic heterocycles. The molecule has 1 aromatic carbocycles. The number of esters is 1. The monoisotopic (exact) mass is 247 g/mol. The molecule has 0 aliphatic rings. The van der Waals surface area contributed by atoms with Crippen LogP contribution in [0.3, 0.4) is 0 Å². The first kappa shape index (κ1) is 13.6. The third kappa shape index (κ3) is 5.07. The van der Waals surface area contributed by atoms with E-state index in [0.717, 1.165) is 17.7 Å². The van der Waals surface area contributed by atoms with Gasteiger partial charge in [-0.2, -0.15) is 0 Å². The number of hydrogen-bond acceptors (Lipinski definition) is 4. The summed E-state index contributed by atoms with van der Waals surface area (Å²) in [5.74, 6) is -1.73. The van der Waals surface area contributed by atoms with E-state index in [-0.39, 0.29) is 6.42 Å². The van der Waals surface area contributed by atoms with Crippen molar-refractivity contribution in [2.75, 3.05) is 7.11 Å². The molecule has 0 bridgehead atoms. The predicted octanol–water partition coefficient (Wildman–Crippen LogP) is 0.601. The minimum atomic E-state index is -0.652. The number of hydrogen-bond donors (Lipinski definition) is 1. The third-order valence-corrected chi connectivity index (χ3v) is 2.04. The van der Waals surface area contributed by atoms with Crippen molar-refractivity contribution in [2.45, 2.75) is 6.42 Å². The Bertz CT molecular complexity index is 465. The smallest absolute Gasteiger partial charge is 0.330 e. The Morgan fingerprint density at radius 1 is 1.17 bits per heavy atom. The fraction of sp³-hybridized carbons (Fsp3) is 0.154. The van der Waals surface area contributed by atoms with Crippen LogP contribution in [0.4, 0.5) is 0 Å². The number of rotatable bonds is 4. The molecule has 0 unspecified atom stereocenters. The summed E-state index contributed by atoms with van der Waals surface area (Å²) in [5.41, 5.74) is 0.805. The summed E-state index contributed by atoms with van der Waals surface area (Å²) in [6, 6.07) is 9.03. The van der Waals surface area contributed by atoms with Crippen LogP contribution in [0.1, 0.15) is 5.56 Å². The molecular weight excluding hydrogens is 234 g/mol. The summed E-state index contributed by atoms with van der Waals surface area (Å²) >= 11 is 0. The molecule has 0 heterocycles. The second-order valence-corrected chi connectivity index (χ2v) is 3.43. The average Bonchev–Trinajstić information content (AvgIpc) is 2.37. The van der Waals surface area contributed by atoms with Crippen LogP contribution in [0.5, 0.6) is 0 Å². The summed E-state index contributed by atoms with van der Waals surface area (Å²) in [5, 5.41) is 2.14. The fourth-order valence-corrected chi connectivity index (χ4v) is 1.22. The molecule has 0 saturated carbocycles. The molecule has 0 saturated heterocycles. The molecule has 0 spiro atoms. The minimum absolute atomic E-state index is 0.110. The molecule has 0 fully saturated rings. The standard InChI is InChI=1S/C13H13NO4/c1-18-13(17)8-7-11(15)14-12(16)9-10-5-3-2-4-6-10/h2-8H,9H2,1H3,(H,14,15,16)/b8-7+. The number of imide groups is 1. The van der Waals surface area contributed by atoms with Gasteiger partial charge in [0.25, 0.3) is 5.91 Å². The van der Waals surface area contributed by atoms with Crippen molar-refractivity contribution in [1.82, 2.24) is 5.32 Å². The Hall–Kier alpha value is -2.43. The van der Waals surface area contributed by atoms with E-state index in [1.54, 1.807) is 12.1 Å². The normalized spacial score (nSPS) is 10.1. The van der Waals surface area contributed by atoms with Crippen LogP contribution in [0, 0.1) is 0 Å². The second-order valence-electron chi connectivity index (χ2n) is 3.43. The third-order valence-electron chi connectivity index (χ3n) is 2.04. The lowest BCUT2D eigenvalue weighted by atomic mass is 10.1. The van der Waals surface area contributed by atoms with Gasteiger partial charge in [-0.05, 0) is 5.56 Å². The van der Waals surface area contributed by atoms with Crippen LogP contribution in [0.2, 0.25) is 0 Å². The summed E-state index contributed by atoms with van der Waals surface area (Å²) in [6.07, 6.45) is 2.01. The van der Waals surface area contributed by atoms with Gasteiger partial charge in [0.2, 0.25) is 5.91 Å². The first-order chi connectivity index (χ1) is 8.61. The molecule has 0 aliphatic heterocycles. The molecule has 1 N–H and O–H groups in total. The van der Waals surface area contributed by atoms with Crippen molar-refractivity contribution >= 4 is 17.8 Å². The Labute approximate surface area is 104 Å². The number of nitrogens with one attached hydrogen (secondary N) is 1. The van der Waals surface area contributed by atoms with Gasteiger partial charge in [-0.3, -0.25) is 14.9 Å². The van der Waals surface area contributed by atoms with Gasteiger partial charge in [-0.1, -0.05) is 30.3 Å². The summed E-state index contributed by atoms with van der Waals surface area (Å²) < 4.78 is 4.31. The summed E-state index contributed by atoms with van der Waals surface area (Å²) in [7, 11) is 1.20. The zero-order valence-corrected chi connectivity index (χ0v) is 9.88. The number of benzene rings is 1. The zero-order chi connectivity index (χ0) is 13.4. The molecule has 5 nitrogen and oxygen atoms in total. The van der Waals surface area contributed by atoms with Crippen LogP contribution in [-0.2, 0) is 25.5 Å². The highest BCUT2D eigenvalue weighted by Gasteiger charge is 2.06. The highest BCUT2D eigenvalue weighted by Crippen LogP contribution is 1.98. The van der Waals surface area contributed by atoms with E-state index in [9.17, 15) is 14.4 Å². The van der Waals surface area contributed by atoms with Gasteiger partial charge in [0.05, 0.1) is 13.5 Å². The molecule has 5 heteroatoms. The van der Waals surface area contributed by atoms with E-state index in [1.165, 1.54) is 7.11 Å². The Kier molecular flexibility index (Phi) is 5.31. The van der Waals surface area contributed by atoms with Crippen molar-refractivity contribution in [3.63, 3.8) is 0 Å². The van der Waals surface area contributed by atoms with E-state index in [1.807, 2.05) is 18.2 Å². The number of ether oxygens (including phenoxy) is 1. The molecule has 18 heavy (non-hydrogen) atoms. The van der Waals surface area contributed by atoms with Crippen LogP contribution < -0.4 is 5.32 Å². The van der Waals surface area contributed by atoms with Gasteiger partial charge >= 0.3 is 5.97 Å². The van der Waals surface area contributed by atoms with Crippen molar-refractivity contribution in [1.29, 1.82) is 0 Å². The van der Waals surface area contributed by atoms with Gasteiger partial charge in [0.15, 0.2) is 0 Å². The zero-order valence-electron chi connectivity index (χ0n) is 9.88. The minimum Gasteiger partial charge on any atom is -0.466 e. The Balaban J connectivity index is 2.43. The molecule has 1 rings (SSSR count). The van der Waals surface area contributed by atoms with E-state index >= 15 is 0 Å². The lowest BCUT2D eigenvalue weighted by Gasteiger charge is -2.01. The number of carbonyl (C=O) groups is 3. The Morgan fingerprint density at radius 3 is 2.44 bits per heavy atom. The average molecular weight is 247 g/mol. The van der Waals surface area contributed by atoms with Crippen LogP contribution in [0.15, 0.2) is 42.5 Å². The van der Waals surface area contributed by atoms with Crippen LogP contribution in [0.25, 0.3) is 0 Å². The van der Waals surface area contributed by atoms with E-state index < -0.39 is 17.8 Å². The molecule has 2 amide bonds. The van der Waals surface area contributed by atoms with Crippen LogP contribution >= 0.6 is 0 Å². The number of amides is 2. The van der Waals surface area contributed by atoms with Gasteiger partial charge in [-0.25, -0.2) is 4.79 Å². The molecule has 0 radical (unpaired) electrons. The quantitative estimate of drug-likeness (QED) is 0.624.